The van der Waals surface area contributed by atoms with Gasteiger partial charge >= 0.3 is 13.8 Å². The monoisotopic (exact) mass is 1240 g/mol. The van der Waals surface area contributed by atoms with E-state index in [4.69, 9.17) is 13.8 Å². The lowest BCUT2D eigenvalue weighted by atomic mass is 10.0. The third-order valence-electron chi connectivity index (χ3n) is 16.0. The predicted molar refractivity (Wildman–Crippen MR) is 378 cm³/mol. The molecule has 1 amide bonds. The second-order valence-electron chi connectivity index (χ2n) is 25.7. The second-order valence-corrected chi connectivity index (χ2v) is 27.2. The largest absolute Gasteiger partial charge is 0.472 e. The number of ether oxygens (including phenoxy) is 1. The fourth-order valence-electron chi connectivity index (χ4n) is 10.4. The first-order chi connectivity index (χ1) is 42.4. The van der Waals surface area contributed by atoms with Crippen molar-refractivity contribution in [3.8, 4) is 0 Å². The van der Waals surface area contributed by atoms with Crippen molar-refractivity contribution in [3.63, 3.8) is 0 Å². The van der Waals surface area contributed by atoms with Crippen molar-refractivity contribution in [1.29, 1.82) is 0 Å². The third-order valence-corrected chi connectivity index (χ3v) is 17.0. The normalized spacial score (nSPS) is 14.1. The van der Waals surface area contributed by atoms with Crippen LogP contribution in [0, 0.1) is 0 Å². The number of phosphoric acid groups is 1. The molecule has 0 aromatic rings. The Morgan fingerprint density at radius 1 is 0.414 bits per heavy atom. The maximum atomic E-state index is 13.6. The zero-order chi connectivity index (χ0) is 63.5. The summed E-state index contributed by atoms with van der Waals surface area (Å²) in [5, 5.41) is 3.07. The number of nitrogens with one attached hydrogen (secondary N) is 1. The number of quaternary nitrogens is 1. The SMILES string of the molecule is CC/C=C\C/C=C\C/C=C\C/C=C\C/C=C\CCCCCCCCCCCCCC(=O)OC(/C=C/CCCCCCCCCCC)C(COP(=O)(O)OCC[N+](C)(C)C)NC(=O)CCCCCCCCCCCCCCC/C=C\C/C=C\CCCCC. The lowest BCUT2D eigenvalue weighted by Crippen LogP contribution is -2.47. The molecule has 0 bridgehead atoms. The molecule has 0 aromatic carbocycles. The van der Waals surface area contributed by atoms with Crippen LogP contribution in [0.25, 0.3) is 0 Å². The molecule has 0 heterocycles. The molecular weight excluding hydrogens is 1100 g/mol. The summed E-state index contributed by atoms with van der Waals surface area (Å²) in [6.45, 7) is 6.90. The summed E-state index contributed by atoms with van der Waals surface area (Å²) in [5.41, 5.74) is 0. The summed E-state index contributed by atoms with van der Waals surface area (Å²) >= 11 is 0. The molecule has 0 saturated heterocycles. The summed E-state index contributed by atoms with van der Waals surface area (Å²) < 4.78 is 30.8. The zero-order valence-corrected chi connectivity index (χ0v) is 58.6. The van der Waals surface area contributed by atoms with Crippen LogP contribution in [0.15, 0.2) is 97.2 Å². The maximum Gasteiger partial charge on any atom is 0.472 e. The van der Waals surface area contributed by atoms with Gasteiger partial charge in [0, 0.05) is 12.8 Å². The van der Waals surface area contributed by atoms with Crippen LogP contribution >= 0.6 is 7.82 Å². The molecule has 0 aromatic heterocycles. The van der Waals surface area contributed by atoms with Gasteiger partial charge in [0.1, 0.15) is 19.3 Å². The van der Waals surface area contributed by atoms with Gasteiger partial charge in [-0.3, -0.25) is 18.6 Å². The molecule has 0 spiro atoms. The Morgan fingerprint density at radius 3 is 1.13 bits per heavy atom. The van der Waals surface area contributed by atoms with E-state index in [1.165, 1.54) is 199 Å². The first-order valence-corrected chi connectivity index (χ1v) is 38.1. The lowest BCUT2D eigenvalue weighted by Gasteiger charge is -2.27. The topological polar surface area (TPSA) is 111 Å². The summed E-state index contributed by atoms with van der Waals surface area (Å²) in [5.74, 6) is -0.504. The number of phosphoric ester groups is 1. The van der Waals surface area contributed by atoms with E-state index >= 15 is 0 Å². The molecule has 0 saturated carbocycles. The van der Waals surface area contributed by atoms with Gasteiger partial charge in [-0.25, -0.2) is 4.57 Å². The van der Waals surface area contributed by atoms with E-state index in [1.807, 2.05) is 33.3 Å². The van der Waals surface area contributed by atoms with Gasteiger partial charge in [-0.05, 0) is 109 Å². The van der Waals surface area contributed by atoms with Crippen LogP contribution in [0.2, 0.25) is 0 Å². The van der Waals surface area contributed by atoms with Gasteiger partial charge in [0.2, 0.25) is 5.91 Å². The molecular formula is C77H140N2O7P+. The molecule has 0 aliphatic heterocycles. The minimum atomic E-state index is -4.46. The average Bonchev–Trinajstić information content (AvgIpc) is 3.70. The van der Waals surface area contributed by atoms with Crippen molar-refractivity contribution in [3.05, 3.63) is 97.2 Å². The van der Waals surface area contributed by atoms with Gasteiger partial charge < -0.3 is 19.4 Å². The fraction of sp³-hybridized carbons (Fsp3) is 0.766. The highest BCUT2D eigenvalue weighted by atomic mass is 31.2. The number of amides is 1. The highest BCUT2D eigenvalue weighted by Crippen LogP contribution is 2.43. The molecule has 3 unspecified atom stereocenters. The van der Waals surface area contributed by atoms with E-state index in [1.54, 1.807) is 0 Å². The number of carbonyl (C=O) groups is 2. The van der Waals surface area contributed by atoms with E-state index in [2.05, 4.69) is 111 Å². The van der Waals surface area contributed by atoms with Crippen LogP contribution in [0.4, 0.5) is 0 Å². The smallest absolute Gasteiger partial charge is 0.456 e. The third kappa shape index (κ3) is 67.2. The molecule has 87 heavy (non-hydrogen) atoms. The maximum absolute atomic E-state index is 13.6. The molecule has 2 N–H and O–H groups in total. The number of esters is 1. The second kappa shape index (κ2) is 65.9. The molecule has 9 nitrogen and oxygen atoms in total. The standard InChI is InChI=1S/C77H139N2O7P/c1-7-10-13-16-19-22-25-27-29-31-33-35-37-38-39-40-42-44-46-48-50-52-55-58-61-64-67-70-77(81)86-75(68-65-62-59-56-53-24-21-18-15-12-9-3)74(73-85-87(82,83)84-72-71-79(4,5)6)78-76(80)69-66-63-60-57-54-51-49-47-45-43-41-36-34-32-30-28-26-23-20-17-14-11-8-2/h10,13,19-20,22-23,27-30,33,35,38-39,65,68,74-75H,7-9,11-12,14-18,21,24-26,31-32,34,36-37,40-64,66-67,69-73H2,1-6H3,(H-,78,80,82,83)/p+1/b13-10-,22-19-,23-20-,29-27-,30-28-,35-33-,39-38-,68-65+. The number of allylic oxidation sites excluding steroid dienone is 15. The number of hydrogen-bond donors (Lipinski definition) is 2. The Labute approximate surface area is 538 Å². The first kappa shape index (κ1) is 83.9. The van der Waals surface area contributed by atoms with Gasteiger partial charge in [0.15, 0.2) is 0 Å². The first-order valence-electron chi connectivity index (χ1n) is 36.6. The molecule has 10 heteroatoms. The van der Waals surface area contributed by atoms with Crippen molar-refractivity contribution in [1.82, 2.24) is 5.32 Å². The van der Waals surface area contributed by atoms with Crippen molar-refractivity contribution in [2.45, 2.75) is 341 Å². The lowest BCUT2D eigenvalue weighted by molar-refractivity contribution is -0.870. The highest BCUT2D eigenvalue weighted by Gasteiger charge is 2.30. The molecule has 504 valence electrons. The number of carbonyl (C=O) groups excluding carboxylic acids is 2. The predicted octanol–water partition coefficient (Wildman–Crippen LogP) is 23.5. The van der Waals surface area contributed by atoms with E-state index in [0.717, 1.165) is 96.3 Å². The van der Waals surface area contributed by atoms with Crippen molar-refractivity contribution in [2.75, 3.05) is 40.9 Å². The fourth-order valence-corrected chi connectivity index (χ4v) is 11.1. The summed E-state index contributed by atoms with van der Waals surface area (Å²) in [6.07, 6.45) is 89.9. The van der Waals surface area contributed by atoms with Gasteiger partial charge in [0.25, 0.3) is 0 Å². The van der Waals surface area contributed by atoms with E-state index in [9.17, 15) is 19.0 Å². The summed E-state index contributed by atoms with van der Waals surface area (Å²) in [7, 11) is 1.49. The minimum Gasteiger partial charge on any atom is -0.456 e. The van der Waals surface area contributed by atoms with Crippen LogP contribution in [-0.4, -0.2) is 74.3 Å². The number of hydrogen-bond acceptors (Lipinski definition) is 6. The molecule has 0 radical (unpaired) electrons. The van der Waals surface area contributed by atoms with Crippen LogP contribution in [-0.2, 0) is 27.9 Å². The van der Waals surface area contributed by atoms with Gasteiger partial charge in [-0.2, -0.15) is 0 Å². The summed E-state index contributed by atoms with van der Waals surface area (Å²) in [6, 6.07) is -0.855. The van der Waals surface area contributed by atoms with Crippen molar-refractivity contribution in [2.24, 2.45) is 0 Å². The molecule has 0 aliphatic rings. The Morgan fingerprint density at radius 2 is 0.736 bits per heavy atom. The Hall–Kier alpha value is -3.07. The molecule has 0 rings (SSSR count). The van der Waals surface area contributed by atoms with Crippen LogP contribution in [0.5, 0.6) is 0 Å². The van der Waals surface area contributed by atoms with Crippen LogP contribution < -0.4 is 5.32 Å². The van der Waals surface area contributed by atoms with Crippen LogP contribution in [0.1, 0.15) is 329 Å². The Kier molecular flexibility index (Phi) is 63.5. The van der Waals surface area contributed by atoms with Crippen molar-refractivity contribution < 1.29 is 37.3 Å². The Balaban J connectivity index is 4.98. The quantitative estimate of drug-likeness (QED) is 0.0205. The number of nitrogens with zero attached hydrogens (tertiary/aromatic N) is 1. The van der Waals surface area contributed by atoms with Crippen molar-refractivity contribution >= 4 is 19.7 Å². The van der Waals surface area contributed by atoms with E-state index in [0.29, 0.717) is 17.4 Å². The van der Waals surface area contributed by atoms with Gasteiger partial charge in [0.05, 0.1) is 33.8 Å². The Bertz CT molecular complexity index is 1810. The minimum absolute atomic E-state index is 0.0371. The molecule has 0 aliphatic carbocycles. The highest BCUT2D eigenvalue weighted by molar-refractivity contribution is 7.47. The van der Waals surface area contributed by atoms with Crippen LogP contribution in [0.3, 0.4) is 0 Å². The average molecular weight is 1240 g/mol. The number of unbranched alkanes of at least 4 members (excludes halogenated alkanes) is 36. The van der Waals surface area contributed by atoms with E-state index < -0.39 is 20.0 Å². The van der Waals surface area contributed by atoms with Gasteiger partial charge in [-0.15, -0.1) is 0 Å². The number of likely N-dealkylation sites (N-methyl/N-ethyl adjacent to an activating group) is 1. The van der Waals surface area contributed by atoms with Gasteiger partial charge in [-0.1, -0.05) is 305 Å². The molecule has 3 atom stereocenters. The summed E-state index contributed by atoms with van der Waals surface area (Å²) in [4.78, 5) is 37.9. The zero-order valence-electron chi connectivity index (χ0n) is 57.7. The number of rotatable bonds is 66. The molecule has 0 fully saturated rings. The van der Waals surface area contributed by atoms with E-state index in [-0.39, 0.29) is 31.5 Å².